The first kappa shape index (κ1) is 40.3. The van der Waals surface area contributed by atoms with Crippen LogP contribution >= 0.6 is 0 Å². The molecule has 5 heteroatoms. The van der Waals surface area contributed by atoms with Crippen LogP contribution in [0, 0.1) is 20.8 Å². The van der Waals surface area contributed by atoms with Crippen molar-refractivity contribution in [2.75, 3.05) is 0 Å². The lowest BCUT2D eigenvalue weighted by atomic mass is 9.33. The maximum absolute atomic E-state index is 5.21. The Balaban J connectivity index is 1.05. The second-order valence-corrected chi connectivity index (χ2v) is 19.1. The monoisotopic (exact) mass is 892 g/mol. The van der Waals surface area contributed by atoms with Crippen molar-refractivity contribution in [1.29, 1.82) is 0 Å². The van der Waals surface area contributed by atoms with E-state index in [1.165, 1.54) is 76.5 Å². The molecular formula is C65H45BN4. The molecule has 0 fully saturated rings. The zero-order valence-corrected chi connectivity index (χ0v) is 39.2. The van der Waals surface area contributed by atoms with Crippen molar-refractivity contribution in [3.05, 3.63) is 235 Å². The maximum atomic E-state index is 5.21. The third-order valence-corrected chi connectivity index (χ3v) is 14.8. The minimum absolute atomic E-state index is 0.0448. The predicted molar refractivity (Wildman–Crippen MR) is 295 cm³/mol. The number of hydrogen-bond acceptors (Lipinski definition) is 2. The SMILES string of the molecule is Cc1cc(C)c(B2c3cccc4c(-c5cccc(-n6c(-c7ccccc7)nc7ccccc76)c5)cc5cc(-c6cccc(-n7c(-c8ccccc8)nc8ccccc87)c6)c6cccc2c6c5c34)c(C)c1. The summed E-state index contributed by atoms with van der Waals surface area (Å²) in [5.74, 6) is 1.85. The molecule has 0 unspecified atom stereocenters. The first-order chi connectivity index (χ1) is 34.5. The molecule has 0 amide bonds. The van der Waals surface area contributed by atoms with Crippen molar-refractivity contribution in [2.24, 2.45) is 0 Å². The summed E-state index contributed by atoms with van der Waals surface area (Å²) in [5, 5.41) is 7.76. The highest BCUT2D eigenvalue weighted by Crippen LogP contribution is 2.44. The fourth-order valence-corrected chi connectivity index (χ4v) is 12.1. The lowest BCUT2D eigenvalue weighted by molar-refractivity contribution is 1.10. The average molecular weight is 893 g/mol. The fourth-order valence-electron chi connectivity index (χ4n) is 12.1. The van der Waals surface area contributed by atoms with Gasteiger partial charge in [0.05, 0.1) is 22.1 Å². The Kier molecular flexibility index (Phi) is 8.99. The molecule has 11 aromatic carbocycles. The van der Waals surface area contributed by atoms with Crippen LogP contribution in [0.2, 0.25) is 0 Å². The fraction of sp³-hybridized carbons (Fsp3) is 0.0462. The Bertz CT molecular complexity index is 4010. The van der Waals surface area contributed by atoms with Crippen LogP contribution in [-0.2, 0) is 0 Å². The van der Waals surface area contributed by atoms with E-state index in [1.807, 2.05) is 0 Å². The zero-order valence-electron chi connectivity index (χ0n) is 39.2. The Morgan fingerprint density at radius 3 is 1.29 bits per heavy atom. The molecule has 0 aliphatic carbocycles. The number of imidazole rings is 2. The van der Waals surface area contributed by atoms with Gasteiger partial charge in [-0.1, -0.05) is 191 Å². The molecular weight excluding hydrogens is 848 g/mol. The Morgan fingerprint density at radius 2 is 0.800 bits per heavy atom. The minimum atomic E-state index is 0.0448. The number of hydrogen-bond donors (Lipinski definition) is 0. The van der Waals surface area contributed by atoms with Crippen LogP contribution in [-0.4, -0.2) is 25.8 Å². The van der Waals surface area contributed by atoms with E-state index < -0.39 is 0 Å². The summed E-state index contributed by atoms with van der Waals surface area (Å²) in [4.78, 5) is 10.4. The molecule has 2 aromatic heterocycles. The molecule has 328 valence electrons. The number of aryl methyl sites for hydroxylation is 3. The summed E-state index contributed by atoms with van der Waals surface area (Å²) >= 11 is 0. The van der Waals surface area contributed by atoms with Crippen LogP contribution in [0.15, 0.2) is 218 Å². The van der Waals surface area contributed by atoms with Crippen LogP contribution in [0.25, 0.3) is 111 Å². The van der Waals surface area contributed by atoms with Crippen LogP contribution in [0.3, 0.4) is 0 Å². The van der Waals surface area contributed by atoms with Gasteiger partial charge >= 0.3 is 0 Å². The highest BCUT2D eigenvalue weighted by molar-refractivity contribution is 7.00. The third-order valence-electron chi connectivity index (χ3n) is 14.8. The van der Waals surface area contributed by atoms with Crippen molar-refractivity contribution in [2.45, 2.75) is 20.8 Å². The second-order valence-electron chi connectivity index (χ2n) is 19.1. The quantitative estimate of drug-likeness (QED) is 0.118. The number of rotatable bonds is 7. The highest BCUT2D eigenvalue weighted by atomic mass is 15.1. The first-order valence-electron chi connectivity index (χ1n) is 24.3. The topological polar surface area (TPSA) is 35.6 Å². The van der Waals surface area contributed by atoms with Crippen molar-refractivity contribution in [1.82, 2.24) is 19.1 Å². The van der Waals surface area contributed by atoms with Gasteiger partial charge in [-0.2, -0.15) is 0 Å². The molecule has 0 spiro atoms. The summed E-state index contributed by atoms with van der Waals surface area (Å²) in [5.41, 5.74) is 21.2. The van der Waals surface area contributed by atoms with E-state index in [-0.39, 0.29) is 6.71 Å². The van der Waals surface area contributed by atoms with Gasteiger partial charge in [0.1, 0.15) is 11.6 Å². The van der Waals surface area contributed by atoms with E-state index in [0.29, 0.717) is 0 Å². The van der Waals surface area contributed by atoms with Gasteiger partial charge in [-0.05, 0) is 136 Å². The third kappa shape index (κ3) is 6.11. The van der Waals surface area contributed by atoms with Crippen LogP contribution in [0.5, 0.6) is 0 Å². The molecule has 1 aliphatic rings. The van der Waals surface area contributed by atoms with E-state index in [2.05, 4.69) is 248 Å². The Hall–Kier alpha value is -8.80. The number of benzene rings is 11. The van der Waals surface area contributed by atoms with E-state index >= 15 is 0 Å². The molecule has 3 heterocycles. The van der Waals surface area contributed by atoms with Crippen LogP contribution in [0.4, 0.5) is 0 Å². The van der Waals surface area contributed by atoms with Crippen LogP contribution in [0.1, 0.15) is 16.7 Å². The normalized spacial score (nSPS) is 12.2. The van der Waals surface area contributed by atoms with Gasteiger partial charge in [0.15, 0.2) is 0 Å². The van der Waals surface area contributed by atoms with E-state index in [9.17, 15) is 0 Å². The van der Waals surface area contributed by atoms with Gasteiger partial charge < -0.3 is 0 Å². The molecule has 0 bridgehead atoms. The molecule has 14 rings (SSSR count). The number of para-hydroxylation sites is 4. The highest BCUT2D eigenvalue weighted by Gasteiger charge is 2.34. The van der Waals surface area contributed by atoms with E-state index in [4.69, 9.17) is 9.97 Å². The molecule has 13 aromatic rings. The van der Waals surface area contributed by atoms with Gasteiger partial charge in [0.2, 0.25) is 6.71 Å². The molecule has 0 saturated heterocycles. The van der Waals surface area contributed by atoms with Crippen molar-refractivity contribution < 1.29 is 0 Å². The predicted octanol–water partition coefficient (Wildman–Crippen LogP) is 14.2. The second kappa shape index (κ2) is 15.6. The van der Waals surface area contributed by atoms with Crippen LogP contribution < -0.4 is 16.4 Å². The minimum Gasteiger partial charge on any atom is -0.292 e. The maximum Gasteiger partial charge on any atom is 0.243 e. The van der Waals surface area contributed by atoms with Crippen molar-refractivity contribution in [3.8, 4) is 56.4 Å². The number of nitrogens with zero attached hydrogens (tertiary/aromatic N) is 4. The molecule has 0 radical (unpaired) electrons. The summed E-state index contributed by atoms with van der Waals surface area (Å²) in [6.07, 6.45) is 0. The molecule has 1 aliphatic heterocycles. The molecule has 70 heavy (non-hydrogen) atoms. The smallest absolute Gasteiger partial charge is 0.243 e. The van der Waals surface area contributed by atoms with Crippen molar-refractivity contribution in [3.63, 3.8) is 0 Å². The van der Waals surface area contributed by atoms with E-state index in [1.54, 1.807) is 0 Å². The van der Waals surface area contributed by atoms with Gasteiger partial charge in [-0.3, -0.25) is 9.13 Å². The lowest BCUT2D eigenvalue weighted by Crippen LogP contribution is -2.55. The van der Waals surface area contributed by atoms with E-state index in [0.717, 1.165) is 67.3 Å². The standard InChI is InChI=1S/C65H45BN4/c1-40-34-41(2)63(42(3)35-40)66-54-28-16-26-50-52(45-22-14-24-48(36-45)69-58-32-12-10-30-56(58)67-64(69)43-18-6-4-7-19-43)38-47-39-53(51-27-17-29-55(66)62(51)60(47)61(50)54)46-23-15-25-49(37-46)70-59-33-13-11-31-57(59)68-65(70)44-20-8-5-9-21-44/h4-39H,1-3H3. The summed E-state index contributed by atoms with van der Waals surface area (Å²) in [7, 11) is 0. The van der Waals surface area contributed by atoms with Gasteiger partial charge in [-0.15, -0.1) is 0 Å². The summed E-state index contributed by atoms with van der Waals surface area (Å²) in [6, 6.07) is 79.9. The number of aromatic nitrogens is 4. The van der Waals surface area contributed by atoms with Crippen molar-refractivity contribution >= 4 is 77.5 Å². The summed E-state index contributed by atoms with van der Waals surface area (Å²) < 4.78 is 4.64. The largest absolute Gasteiger partial charge is 0.292 e. The average Bonchev–Trinajstić information content (AvgIpc) is 3.99. The molecule has 0 saturated carbocycles. The Morgan fingerprint density at radius 1 is 0.371 bits per heavy atom. The molecule has 0 atom stereocenters. The number of fused-ring (bicyclic) bond motifs is 2. The summed E-state index contributed by atoms with van der Waals surface area (Å²) in [6.45, 7) is 6.87. The first-order valence-corrected chi connectivity index (χ1v) is 24.3. The van der Waals surface area contributed by atoms with Gasteiger partial charge in [-0.25, -0.2) is 9.97 Å². The molecule has 4 nitrogen and oxygen atoms in total. The van der Waals surface area contributed by atoms with Gasteiger partial charge in [0, 0.05) is 22.5 Å². The molecule has 0 N–H and O–H groups in total. The lowest BCUT2D eigenvalue weighted by Gasteiger charge is -2.30. The Labute approximate surface area is 406 Å². The van der Waals surface area contributed by atoms with Gasteiger partial charge in [0.25, 0.3) is 0 Å². The zero-order chi connectivity index (χ0) is 46.6.